The Morgan fingerprint density at radius 3 is 1.12 bits per heavy atom. The Bertz CT molecular complexity index is 36.0. The fourth-order valence-corrected chi connectivity index (χ4v) is 0.0412. The molecule has 0 aromatic rings. The van der Waals surface area contributed by atoms with E-state index in [1.54, 1.807) is 0 Å². The van der Waals surface area contributed by atoms with Gasteiger partial charge in [0.25, 0.3) is 0 Å². The van der Waals surface area contributed by atoms with Crippen LogP contribution in [0.5, 0.6) is 0 Å². The first-order chi connectivity index (χ1) is 3.35. The molecule has 0 aromatic heterocycles. The van der Waals surface area contributed by atoms with Crippen LogP contribution in [0.4, 0.5) is 13.6 Å². The Labute approximate surface area is 83.4 Å². The number of hydrogen-bond donors (Lipinski definition) is 0. The Hall–Kier alpha value is 1.31. The van der Waals surface area contributed by atoms with Gasteiger partial charge in [-0.1, -0.05) is 13.6 Å². The molecule has 3 nitrogen and oxygen atoms in total. The van der Waals surface area contributed by atoms with Gasteiger partial charge in [0.05, 0.1) is 0 Å². The standard InChI is InChI=1S/BF3O3.Ba.2H/c2-5-1(6-3)7-4;;;. The molecule has 0 radical (unpaired) electrons. The average molecular weight is 255 g/mol. The second-order valence-corrected chi connectivity index (χ2v) is 0.556. The van der Waals surface area contributed by atoms with Crippen molar-refractivity contribution >= 4 is 56.2 Å². The quantitative estimate of drug-likeness (QED) is 0.651. The Kier molecular flexibility index (Phi) is 12.5. The van der Waals surface area contributed by atoms with Gasteiger partial charge < -0.3 is 0 Å². The Morgan fingerprint density at radius 1 is 0.875 bits per heavy atom. The summed E-state index contributed by atoms with van der Waals surface area (Å²) in [4.78, 5) is 7.06. The van der Waals surface area contributed by atoms with Crippen LogP contribution in [-0.2, 0) is 14.6 Å². The predicted octanol–water partition coefficient (Wildman–Crippen LogP) is -0.242. The van der Waals surface area contributed by atoms with Gasteiger partial charge in [0.2, 0.25) is 0 Å². The molecule has 0 N–H and O–H groups in total. The van der Waals surface area contributed by atoms with Crippen LogP contribution in [0.3, 0.4) is 0 Å². The van der Waals surface area contributed by atoms with E-state index in [0.29, 0.717) is 0 Å². The molecule has 0 aliphatic heterocycles. The summed E-state index contributed by atoms with van der Waals surface area (Å²) in [5.74, 6) is 0. The second kappa shape index (κ2) is 8.31. The zero-order chi connectivity index (χ0) is 5.70. The van der Waals surface area contributed by atoms with Gasteiger partial charge in [-0.15, -0.1) is 0 Å². The zero-order valence-corrected chi connectivity index (χ0v) is 2.94. The molecule has 0 aliphatic rings. The van der Waals surface area contributed by atoms with Crippen molar-refractivity contribution in [1.29, 1.82) is 0 Å². The summed E-state index contributed by atoms with van der Waals surface area (Å²) in [6.45, 7) is 0. The van der Waals surface area contributed by atoms with Gasteiger partial charge in [0, 0.05) is 0 Å². The molecule has 0 spiro atoms. The summed E-state index contributed by atoms with van der Waals surface area (Å²) in [7, 11) is -2.51. The molecule has 0 aliphatic carbocycles. The summed E-state index contributed by atoms with van der Waals surface area (Å²) in [5.41, 5.74) is 0. The van der Waals surface area contributed by atoms with Crippen molar-refractivity contribution in [2.45, 2.75) is 0 Å². The van der Waals surface area contributed by atoms with Crippen LogP contribution in [0.2, 0.25) is 0 Å². The minimum atomic E-state index is -2.51. The van der Waals surface area contributed by atoms with Crippen LogP contribution in [0.15, 0.2) is 0 Å². The van der Waals surface area contributed by atoms with Crippen molar-refractivity contribution in [1.82, 2.24) is 0 Å². The monoisotopic (exact) mass is 256 g/mol. The van der Waals surface area contributed by atoms with Gasteiger partial charge in [0.1, 0.15) is 0 Å². The van der Waals surface area contributed by atoms with E-state index in [1.807, 2.05) is 0 Å². The molecular weight excluding hydrogens is 253 g/mol. The fourth-order valence-electron chi connectivity index (χ4n) is 0.0412. The van der Waals surface area contributed by atoms with E-state index < -0.39 is 7.32 Å². The summed E-state index contributed by atoms with van der Waals surface area (Å²) < 4.78 is 31.3. The third-order valence-electron chi connectivity index (χ3n) is 0.218. The normalized spacial score (nSPS) is 7.88. The van der Waals surface area contributed by atoms with E-state index in [1.165, 1.54) is 0 Å². The van der Waals surface area contributed by atoms with Crippen LogP contribution in [0.25, 0.3) is 0 Å². The van der Waals surface area contributed by atoms with E-state index in [4.69, 9.17) is 0 Å². The molecule has 8 heavy (non-hydrogen) atoms. The molecule has 0 rings (SSSR count). The van der Waals surface area contributed by atoms with Crippen LogP contribution in [0.1, 0.15) is 0 Å². The number of halogens is 3. The SMILES string of the molecule is FOB(OF)OF.[BaH2]. The summed E-state index contributed by atoms with van der Waals surface area (Å²) in [5, 5.41) is 0. The molecular formula is H2BBaF3O3. The number of rotatable bonds is 3. The second-order valence-electron chi connectivity index (χ2n) is 0.556. The third kappa shape index (κ3) is 5.44. The van der Waals surface area contributed by atoms with Crippen molar-refractivity contribution in [2.24, 2.45) is 0 Å². The van der Waals surface area contributed by atoms with Crippen molar-refractivity contribution in [3.05, 3.63) is 0 Å². The zero-order valence-electron chi connectivity index (χ0n) is 2.94. The average Bonchev–Trinajstić information content (AvgIpc) is 1.72. The van der Waals surface area contributed by atoms with Crippen LogP contribution < -0.4 is 0 Å². The van der Waals surface area contributed by atoms with Gasteiger partial charge in [-0.25, -0.2) is 0 Å². The molecule has 0 bridgehead atoms. The van der Waals surface area contributed by atoms with Crippen LogP contribution in [0, 0.1) is 0 Å². The van der Waals surface area contributed by atoms with Gasteiger partial charge >= 0.3 is 56.2 Å². The first-order valence-electron chi connectivity index (χ1n) is 1.17. The number of hydrogen-bond acceptors (Lipinski definition) is 3. The minimum absolute atomic E-state index is 0. The van der Waals surface area contributed by atoms with E-state index in [2.05, 4.69) is 14.6 Å². The Morgan fingerprint density at radius 2 is 1.12 bits per heavy atom. The Balaban J connectivity index is 0. The summed E-state index contributed by atoms with van der Waals surface area (Å²) >= 11 is 0. The molecule has 46 valence electrons. The van der Waals surface area contributed by atoms with Gasteiger partial charge in [-0.3, -0.25) is 0 Å². The molecule has 8 heteroatoms. The summed E-state index contributed by atoms with van der Waals surface area (Å²) in [6, 6.07) is 0. The van der Waals surface area contributed by atoms with E-state index in [9.17, 15) is 13.6 Å². The maximum atomic E-state index is 10.4. The van der Waals surface area contributed by atoms with Gasteiger partial charge in [0.15, 0.2) is 0 Å². The van der Waals surface area contributed by atoms with E-state index in [-0.39, 0.29) is 48.9 Å². The predicted molar refractivity (Wildman–Crippen MR) is 20.9 cm³/mol. The first-order valence-corrected chi connectivity index (χ1v) is 1.17. The van der Waals surface area contributed by atoms with Crippen molar-refractivity contribution in [2.75, 3.05) is 0 Å². The van der Waals surface area contributed by atoms with Crippen molar-refractivity contribution < 1.29 is 28.2 Å². The van der Waals surface area contributed by atoms with Gasteiger partial charge in [-0.2, -0.15) is 14.6 Å². The van der Waals surface area contributed by atoms with Crippen molar-refractivity contribution in [3.8, 4) is 0 Å². The van der Waals surface area contributed by atoms with Crippen LogP contribution in [-0.4, -0.2) is 56.2 Å². The molecule has 0 heterocycles. The molecule has 0 fully saturated rings. The van der Waals surface area contributed by atoms with E-state index >= 15 is 0 Å². The molecule has 0 atom stereocenters. The van der Waals surface area contributed by atoms with Gasteiger partial charge in [-0.05, 0) is 0 Å². The molecule has 0 amide bonds. The topological polar surface area (TPSA) is 27.7 Å². The van der Waals surface area contributed by atoms with E-state index in [0.717, 1.165) is 0 Å². The fraction of sp³-hybridized carbons (Fsp3) is 0. The maximum absolute atomic E-state index is 10.4. The van der Waals surface area contributed by atoms with Crippen molar-refractivity contribution in [3.63, 3.8) is 0 Å². The molecule has 0 saturated heterocycles. The molecule has 0 unspecified atom stereocenters. The van der Waals surface area contributed by atoms with Crippen LogP contribution >= 0.6 is 0 Å². The molecule has 0 saturated carbocycles. The molecule has 0 aromatic carbocycles. The summed E-state index contributed by atoms with van der Waals surface area (Å²) in [6.07, 6.45) is 0. The first kappa shape index (κ1) is 12.0. The third-order valence-corrected chi connectivity index (χ3v) is 0.218.